The minimum absolute atomic E-state index is 0.257. The van der Waals surface area contributed by atoms with Gasteiger partial charge < -0.3 is 4.74 Å². The van der Waals surface area contributed by atoms with Gasteiger partial charge in [0.15, 0.2) is 0 Å². The number of hydrogen-bond donors (Lipinski definition) is 0. The molecule has 1 atom stereocenters. The maximum atomic E-state index is 10.5. The Morgan fingerprint density at radius 1 is 1.47 bits per heavy atom. The van der Waals surface area contributed by atoms with Crippen molar-refractivity contribution in [2.75, 3.05) is 0 Å². The topological polar surface area (TPSA) is 38.7 Å². The molecule has 3 nitrogen and oxygen atoms in total. The number of carbonyl (C=O) groups excluding carboxylic acids is 1. The van der Waals surface area contributed by atoms with E-state index in [0.717, 1.165) is 37.0 Å². The Balaban J connectivity index is 2.00. The third-order valence-corrected chi connectivity index (χ3v) is 3.88. The highest BCUT2D eigenvalue weighted by Gasteiger charge is 2.39. The van der Waals surface area contributed by atoms with Crippen LogP contribution in [0.1, 0.15) is 37.3 Å². The van der Waals surface area contributed by atoms with Crippen molar-refractivity contribution in [3.05, 3.63) is 29.3 Å². The zero-order valence-corrected chi connectivity index (χ0v) is 9.90. The summed E-state index contributed by atoms with van der Waals surface area (Å²) in [5.74, 6) is 0.961. The summed E-state index contributed by atoms with van der Waals surface area (Å²) in [4.78, 5) is 14.6. The first kappa shape index (κ1) is 10.5. The van der Waals surface area contributed by atoms with Crippen LogP contribution in [0.25, 0.3) is 0 Å². The van der Waals surface area contributed by atoms with Gasteiger partial charge in [-0.3, -0.25) is 0 Å². The van der Waals surface area contributed by atoms with Gasteiger partial charge in [0.1, 0.15) is 11.9 Å². The van der Waals surface area contributed by atoms with Gasteiger partial charge in [0.25, 0.3) is 0 Å². The van der Waals surface area contributed by atoms with Crippen LogP contribution < -0.4 is 4.74 Å². The lowest BCUT2D eigenvalue weighted by Crippen LogP contribution is -2.31. The summed E-state index contributed by atoms with van der Waals surface area (Å²) in [6.07, 6.45) is 5.95. The molecule has 3 heteroatoms. The molecule has 0 spiro atoms. The van der Waals surface area contributed by atoms with Crippen molar-refractivity contribution in [3.8, 4) is 5.75 Å². The summed E-state index contributed by atoms with van der Waals surface area (Å²) in [5, 5.41) is 0. The van der Waals surface area contributed by atoms with Crippen LogP contribution in [0.5, 0.6) is 5.75 Å². The molecule has 88 valence electrons. The van der Waals surface area contributed by atoms with Gasteiger partial charge in [-0.2, -0.15) is 4.99 Å². The lowest BCUT2D eigenvalue weighted by Gasteiger charge is -2.37. The molecule has 0 saturated heterocycles. The lowest BCUT2D eigenvalue weighted by atomic mass is 9.72. The number of benzene rings is 1. The van der Waals surface area contributed by atoms with Gasteiger partial charge in [-0.1, -0.05) is 12.1 Å². The summed E-state index contributed by atoms with van der Waals surface area (Å²) < 4.78 is 5.75. The Labute approximate surface area is 101 Å². The van der Waals surface area contributed by atoms with Crippen LogP contribution in [0.15, 0.2) is 23.2 Å². The number of hydrogen-bond acceptors (Lipinski definition) is 3. The summed E-state index contributed by atoms with van der Waals surface area (Å²) in [6.45, 7) is 2.07. The molecule has 1 aromatic carbocycles. The second-order valence-electron chi connectivity index (χ2n) is 5.04. The van der Waals surface area contributed by atoms with Gasteiger partial charge >= 0.3 is 0 Å². The molecule has 0 amide bonds. The predicted molar refractivity (Wildman–Crippen MR) is 63.9 cm³/mol. The first-order valence-corrected chi connectivity index (χ1v) is 6.13. The van der Waals surface area contributed by atoms with Gasteiger partial charge in [-0.25, -0.2) is 4.79 Å². The van der Waals surface area contributed by atoms with Crippen molar-refractivity contribution >= 4 is 6.08 Å². The normalized spacial score (nSPS) is 24.2. The fourth-order valence-electron chi connectivity index (χ4n) is 2.75. The average Bonchev–Trinajstić information content (AvgIpc) is 2.62. The van der Waals surface area contributed by atoms with Crippen LogP contribution in [-0.4, -0.2) is 12.2 Å². The minimum atomic E-state index is -0.314. The Kier molecular flexibility index (Phi) is 2.30. The van der Waals surface area contributed by atoms with E-state index in [-0.39, 0.29) is 11.6 Å². The Hall–Kier alpha value is -1.60. The van der Waals surface area contributed by atoms with E-state index in [2.05, 4.69) is 30.1 Å². The molecule has 17 heavy (non-hydrogen) atoms. The van der Waals surface area contributed by atoms with Gasteiger partial charge in [0, 0.05) is 6.42 Å². The largest absolute Gasteiger partial charge is 0.490 e. The van der Waals surface area contributed by atoms with Crippen molar-refractivity contribution in [2.45, 2.75) is 44.2 Å². The second-order valence-corrected chi connectivity index (χ2v) is 5.04. The number of isocyanates is 1. The molecule has 0 aromatic heterocycles. The third kappa shape index (κ3) is 1.58. The van der Waals surface area contributed by atoms with Gasteiger partial charge in [-0.05, 0) is 43.4 Å². The molecule has 1 fully saturated rings. The van der Waals surface area contributed by atoms with E-state index < -0.39 is 0 Å². The van der Waals surface area contributed by atoms with Crippen molar-refractivity contribution in [3.63, 3.8) is 0 Å². The Morgan fingerprint density at radius 3 is 2.94 bits per heavy atom. The fraction of sp³-hybridized carbons (Fsp3) is 0.500. The van der Waals surface area contributed by atoms with E-state index in [0.29, 0.717) is 0 Å². The third-order valence-electron chi connectivity index (χ3n) is 3.88. The van der Waals surface area contributed by atoms with E-state index in [9.17, 15) is 4.79 Å². The molecule has 2 aliphatic rings. The summed E-state index contributed by atoms with van der Waals surface area (Å²) in [5.41, 5.74) is 2.04. The molecule has 3 rings (SSSR count). The van der Waals surface area contributed by atoms with Crippen LogP contribution in [-0.2, 0) is 16.8 Å². The van der Waals surface area contributed by atoms with Crippen LogP contribution in [0, 0.1) is 0 Å². The fourth-order valence-corrected chi connectivity index (χ4v) is 2.75. The Bertz CT molecular complexity index is 499. The zero-order valence-electron chi connectivity index (χ0n) is 9.90. The van der Waals surface area contributed by atoms with E-state index >= 15 is 0 Å². The van der Waals surface area contributed by atoms with Crippen LogP contribution in [0.2, 0.25) is 0 Å². The Morgan fingerprint density at radius 2 is 2.29 bits per heavy atom. The molecular weight excluding hydrogens is 214 g/mol. The van der Waals surface area contributed by atoms with Gasteiger partial charge in [0.05, 0.1) is 5.54 Å². The number of ether oxygens (including phenoxy) is 1. The first-order valence-electron chi connectivity index (χ1n) is 6.13. The molecular formula is C14H15NO2. The van der Waals surface area contributed by atoms with Crippen molar-refractivity contribution in [2.24, 2.45) is 4.99 Å². The van der Waals surface area contributed by atoms with E-state index in [1.807, 2.05) is 0 Å². The molecule has 1 heterocycles. The number of fused-ring (bicyclic) bond motifs is 1. The smallest absolute Gasteiger partial charge is 0.235 e. The second kappa shape index (κ2) is 3.71. The van der Waals surface area contributed by atoms with E-state index in [1.165, 1.54) is 5.56 Å². The highest BCUT2D eigenvalue weighted by molar-refractivity contribution is 5.46. The van der Waals surface area contributed by atoms with Crippen LogP contribution in [0.3, 0.4) is 0 Å². The molecule has 0 bridgehead atoms. The summed E-state index contributed by atoms with van der Waals surface area (Å²) in [6, 6.07) is 6.24. The predicted octanol–water partition coefficient (Wildman–Crippen LogP) is 2.73. The highest BCUT2D eigenvalue weighted by atomic mass is 16.5. The van der Waals surface area contributed by atoms with Crippen molar-refractivity contribution in [1.82, 2.24) is 0 Å². The molecule has 1 saturated carbocycles. The molecule has 0 radical (unpaired) electrons. The molecule has 1 aliphatic carbocycles. The lowest BCUT2D eigenvalue weighted by molar-refractivity contribution is 0.245. The van der Waals surface area contributed by atoms with Crippen molar-refractivity contribution < 1.29 is 9.53 Å². The zero-order chi connectivity index (χ0) is 11.9. The first-order chi connectivity index (χ1) is 8.23. The molecule has 1 aliphatic heterocycles. The number of nitrogens with zero attached hydrogens (tertiary/aromatic N) is 1. The van der Waals surface area contributed by atoms with Gasteiger partial charge in [0.2, 0.25) is 6.08 Å². The van der Waals surface area contributed by atoms with Crippen LogP contribution >= 0.6 is 0 Å². The summed E-state index contributed by atoms with van der Waals surface area (Å²) >= 11 is 0. The van der Waals surface area contributed by atoms with E-state index in [1.54, 1.807) is 6.08 Å². The SMILES string of the molecule is CC1Cc2ccc(C3(N=C=O)CCC3)cc2O1. The van der Waals surface area contributed by atoms with Crippen molar-refractivity contribution in [1.29, 1.82) is 0 Å². The maximum absolute atomic E-state index is 10.5. The summed E-state index contributed by atoms with van der Waals surface area (Å²) in [7, 11) is 0. The quantitative estimate of drug-likeness (QED) is 0.577. The highest BCUT2D eigenvalue weighted by Crippen LogP contribution is 2.46. The number of aliphatic imine (C=N–C) groups is 1. The van der Waals surface area contributed by atoms with Crippen LogP contribution in [0.4, 0.5) is 0 Å². The molecule has 0 N–H and O–H groups in total. The average molecular weight is 229 g/mol. The standard InChI is InChI=1S/C14H15NO2/c1-10-7-11-3-4-12(8-13(11)17-10)14(15-9-16)5-2-6-14/h3-4,8,10H,2,5-7H2,1H3. The maximum Gasteiger partial charge on any atom is 0.235 e. The van der Waals surface area contributed by atoms with Gasteiger partial charge in [-0.15, -0.1) is 0 Å². The molecule has 1 unspecified atom stereocenters. The van der Waals surface area contributed by atoms with E-state index in [4.69, 9.17) is 4.74 Å². The number of rotatable bonds is 2. The minimum Gasteiger partial charge on any atom is -0.490 e. The molecule has 1 aromatic rings. The monoisotopic (exact) mass is 229 g/mol.